The second-order valence-corrected chi connectivity index (χ2v) is 7.01. The predicted molar refractivity (Wildman–Crippen MR) is 114 cm³/mol. The van der Waals surface area contributed by atoms with E-state index in [-0.39, 0.29) is 18.4 Å². The molecule has 0 atom stereocenters. The molecule has 0 fully saturated rings. The van der Waals surface area contributed by atoms with Crippen molar-refractivity contribution in [2.75, 3.05) is 13.1 Å². The van der Waals surface area contributed by atoms with E-state index in [9.17, 15) is 9.59 Å². The van der Waals surface area contributed by atoms with Crippen LogP contribution in [0.5, 0.6) is 0 Å². The van der Waals surface area contributed by atoms with Crippen molar-refractivity contribution in [1.29, 1.82) is 0 Å². The fourth-order valence-corrected chi connectivity index (χ4v) is 3.06. The second-order valence-electron chi connectivity index (χ2n) is 7.01. The third-order valence-corrected chi connectivity index (χ3v) is 4.76. The highest BCUT2D eigenvalue weighted by Gasteiger charge is 2.19. The molecule has 0 spiro atoms. The number of aryl methyl sites for hydroxylation is 2. The summed E-state index contributed by atoms with van der Waals surface area (Å²) in [4.78, 5) is 24.5. The maximum atomic E-state index is 12.8. The molecule has 6 nitrogen and oxygen atoms in total. The fourth-order valence-electron chi connectivity index (χ4n) is 3.06. The van der Waals surface area contributed by atoms with Crippen molar-refractivity contribution in [3.05, 3.63) is 77.0 Å². The molecule has 0 unspecified atom stereocenters. The van der Waals surface area contributed by atoms with E-state index in [1.807, 2.05) is 69.3 Å². The van der Waals surface area contributed by atoms with Gasteiger partial charge in [-0.3, -0.25) is 14.3 Å². The molecule has 0 aliphatic heterocycles. The molecule has 3 rings (SSSR count). The van der Waals surface area contributed by atoms with Gasteiger partial charge in [-0.05, 0) is 43.5 Å². The molecule has 1 aromatic heterocycles. The topological polar surface area (TPSA) is 76.0 Å². The van der Waals surface area contributed by atoms with E-state index in [4.69, 9.17) is 0 Å². The van der Waals surface area contributed by atoms with Crippen LogP contribution in [-0.2, 0) is 11.3 Å². The lowest BCUT2D eigenvalue weighted by molar-refractivity contribution is -0.120. The summed E-state index contributed by atoms with van der Waals surface area (Å²) in [6.45, 7) is 6.94. The predicted octanol–water partition coefficient (Wildman–Crippen LogP) is 3.08. The molecule has 0 radical (unpaired) electrons. The van der Waals surface area contributed by atoms with Gasteiger partial charge >= 0.3 is 0 Å². The zero-order valence-corrected chi connectivity index (χ0v) is 17.0. The van der Waals surface area contributed by atoms with E-state index in [2.05, 4.69) is 15.7 Å². The summed E-state index contributed by atoms with van der Waals surface area (Å²) in [6.07, 6.45) is 1.74. The Bertz CT molecular complexity index is 1010. The quantitative estimate of drug-likeness (QED) is 0.651. The molecule has 0 saturated carbocycles. The molecule has 2 N–H and O–H groups in total. The number of nitrogens with zero attached hydrogens (tertiary/aromatic N) is 2. The van der Waals surface area contributed by atoms with Crippen LogP contribution in [0.1, 0.15) is 34.0 Å². The van der Waals surface area contributed by atoms with E-state index < -0.39 is 0 Å². The van der Waals surface area contributed by atoms with Gasteiger partial charge in [0.05, 0.1) is 18.7 Å². The number of amides is 2. The minimum atomic E-state index is -0.316. The molecule has 0 saturated heterocycles. The van der Waals surface area contributed by atoms with Gasteiger partial charge in [0.2, 0.25) is 5.91 Å². The summed E-state index contributed by atoms with van der Waals surface area (Å²) in [7, 11) is 0. The molecular weight excluding hydrogens is 364 g/mol. The van der Waals surface area contributed by atoms with E-state index in [1.54, 1.807) is 10.9 Å². The standard InChI is InChI=1S/C23H26N4O2/c1-4-24-21(28)13-25-23(29)20-15-27(14-18-8-6-5-7-9-18)26-22(20)19-11-10-16(2)17(3)12-19/h5-12,15H,4,13-14H2,1-3H3,(H,24,28)(H,25,29). The normalized spacial score (nSPS) is 10.6. The summed E-state index contributed by atoms with van der Waals surface area (Å²) in [5.41, 5.74) is 5.35. The van der Waals surface area contributed by atoms with Gasteiger partial charge in [0.15, 0.2) is 0 Å². The number of nitrogens with one attached hydrogen (secondary N) is 2. The minimum absolute atomic E-state index is 0.0666. The van der Waals surface area contributed by atoms with Gasteiger partial charge in [-0.1, -0.05) is 42.5 Å². The average Bonchev–Trinajstić information content (AvgIpc) is 3.13. The molecule has 0 aliphatic carbocycles. The summed E-state index contributed by atoms with van der Waals surface area (Å²) >= 11 is 0. The van der Waals surface area contributed by atoms with E-state index in [0.29, 0.717) is 24.3 Å². The first kappa shape index (κ1) is 20.3. The number of likely N-dealkylation sites (N-methyl/N-ethyl adjacent to an activating group) is 1. The summed E-state index contributed by atoms with van der Waals surface area (Å²) in [6, 6.07) is 16.0. The number of hydrogen-bond acceptors (Lipinski definition) is 3. The molecule has 29 heavy (non-hydrogen) atoms. The van der Waals surface area contributed by atoms with Gasteiger partial charge in [0, 0.05) is 18.3 Å². The number of carbonyl (C=O) groups excluding carboxylic acids is 2. The largest absolute Gasteiger partial charge is 0.355 e. The van der Waals surface area contributed by atoms with Crippen molar-refractivity contribution in [2.24, 2.45) is 0 Å². The first-order chi connectivity index (χ1) is 14.0. The highest BCUT2D eigenvalue weighted by molar-refractivity contribution is 6.01. The molecule has 3 aromatic rings. The van der Waals surface area contributed by atoms with Gasteiger partial charge in [-0.15, -0.1) is 0 Å². The SMILES string of the molecule is CCNC(=O)CNC(=O)c1cn(Cc2ccccc2)nc1-c1ccc(C)c(C)c1. The van der Waals surface area contributed by atoms with Crippen molar-refractivity contribution in [3.8, 4) is 11.3 Å². The molecule has 0 bridgehead atoms. The number of aromatic nitrogens is 2. The van der Waals surface area contributed by atoms with Crippen molar-refractivity contribution < 1.29 is 9.59 Å². The monoisotopic (exact) mass is 390 g/mol. The fraction of sp³-hybridized carbons (Fsp3) is 0.261. The van der Waals surface area contributed by atoms with Crippen LogP contribution in [0.4, 0.5) is 0 Å². The smallest absolute Gasteiger partial charge is 0.255 e. The Balaban J connectivity index is 1.92. The van der Waals surface area contributed by atoms with Crippen LogP contribution in [0.15, 0.2) is 54.7 Å². The van der Waals surface area contributed by atoms with Crippen LogP contribution in [-0.4, -0.2) is 34.7 Å². The maximum absolute atomic E-state index is 12.8. The van der Waals surface area contributed by atoms with Gasteiger partial charge < -0.3 is 10.6 Å². The molecular formula is C23H26N4O2. The van der Waals surface area contributed by atoms with Crippen molar-refractivity contribution >= 4 is 11.8 Å². The lowest BCUT2D eigenvalue weighted by atomic mass is 10.0. The van der Waals surface area contributed by atoms with Crippen LogP contribution in [0.3, 0.4) is 0 Å². The van der Waals surface area contributed by atoms with E-state index in [1.165, 1.54) is 5.56 Å². The highest BCUT2D eigenvalue weighted by Crippen LogP contribution is 2.25. The van der Waals surface area contributed by atoms with Gasteiger partial charge in [0.1, 0.15) is 5.69 Å². The van der Waals surface area contributed by atoms with Gasteiger partial charge in [-0.2, -0.15) is 5.10 Å². The van der Waals surface area contributed by atoms with E-state index >= 15 is 0 Å². The lowest BCUT2D eigenvalue weighted by Crippen LogP contribution is -2.36. The molecule has 2 aromatic carbocycles. The van der Waals surface area contributed by atoms with Gasteiger partial charge in [-0.25, -0.2) is 0 Å². The number of carbonyl (C=O) groups is 2. The number of rotatable bonds is 7. The van der Waals surface area contributed by atoms with Crippen LogP contribution in [0.25, 0.3) is 11.3 Å². The molecule has 6 heteroatoms. The zero-order valence-electron chi connectivity index (χ0n) is 17.0. The molecule has 1 heterocycles. The average molecular weight is 390 g/mol. The Morgan fingerprint density at radius 1 is 1.00 bits per heavy atom. The minimum Gasteiger partial charge on any atom is -0.355 e. The summed E-state index contributed by atoms with van der Waals surface area (Å²) in [5, 5.41) is 10.1. The third kappa shape index (κ3) is 5.10. The first-order valence-corrected chi connectivity index (χ1v) is 9.71. The Morgan fingerprint density at radius 3 is 2.45 bits per heavy atom. The Hall–Kier alpha value is -3.41. The van der Waals surface area contributed by atoms with Crippen molar-refractivity contribution in [3.63, 3.8) is 0 Å². The van der Waals surface area contributed by atoms with E-state index in [0.717, 1.165) is 16.7 Å². The highest BCUT2D eigenvalue weighted by atomic mass is 16.2. The Kier molecular flexibility index (Phi) is 6.44. The lowest BCUT2D eigenvalue weighted by Gasteiger charge is -2.07. The Labute approximate surface area is 170 Å². The van der Waals surface area contributed by atoms with Crippen molar-refractivity contribution in [2.45, 2.75) is 27.3 Å². The summed E-state index contributed by atoms with van der Waals surface area (Å²) in [5.74, 6) is -0.533. The second kappa shape index (κ2) is 9.19. The zero-order chi connectivity index (χ0) is 20.8. The third-order valence-electron chi connectivity index (χ3n) is 4.76. The maximum Gasteiger partial charge on any atom is 0.255 e. The molecule has 2 amide bonds. The first-order valence-electron chi connectivity index (χ1n) is 9.71. The van der Waals surface area contributed by atoms with Crippen LogP contribution < -0.4 is 10.6 Å². The van der Waals surface area contributed by atoms with Crippen LogP contribution >= 0.6 is 0 Å². The van der Waals surface area contributed by atoms with Crippen molar-refractivity contribution in [1.82, 2.24) is 20.4 Å². The number of hydrogen-bond donors (Lipinski definition) is 2. The van der Waals surface area contributed by atoms with Crippen LogP contribution in [0, 0.1) is 13.8 Å². The Morgan fingerprint density at radius 2 is 1.76 bits per heavy atom. The van der Waals surface area contributed by atoms with Crippen LogP contribution in [0.2, 0.25) is 0 Å². The molecule has 0 aliphatic rings. The summed E-state index contributed by atoms with van der Waals surface area (Å²) < 4.78 is 1.76. The number of benzene rings is 2. The molecule has 150 valence electrons. The van der Waals surface area contributed by atoms with Gasteiger partial charge in [0.25, 0.3) is 5.91 Å².